The molecule has 0 aromatic heterocycles. The van der Waals surface area contributed by atoms with Crippen LogP contribution < -0.4 is 0 Å². The molecule has 0 aromatic rings. The highest BCUT2D eigenvalue weighted by molar-refractivity contribution is 6.20. The summed E-state index contributed by atoms with van der Waals surface area (Å²) in [6.45, 7) is 3.60. The largest absolute Gasteiger partial charge is 0.297 e. The Morgan fingerprint density at radius 1 is 1.14 bits per heavy atom. The summed E-state index contributed by atoms with van der Waals surface area (Å²) in [6.07, 6.45) is 9.40. The molecule has 2 unspecified atom stereocenters. The zero-order chi connectivity index (χ0) is 9.97. The lowest BCUT2D eigenvalue weighted by Gasteiger charge is -2.37. The van der Waals surface area contributed by atoms with Crippen molar-refractivity contribution in [3.63, 3.8) is 0 Å². The van der Waals surface area contributed by atoms with Crippen LogP contribution in [0, 0.1) is 0 Å². The molecule has 0 spiro atoms. The van der Waals surface area contributed by atoms with E-state index in [2.05, 4.69) is 11.8 Å². The molecular formula is C12H22ClN. The summed E-state index contributed by atoms with van der Waals surface area (Å²) < 4.78 is 0. The lowest BCUT2D eigenvalue weighted by molar-refractivity contribution is 0.140. The van der Waals surface area contributed by atoms with Crippen molar-refractivity contribution in [2.75, 3.05) is 6.54 Å². The molecule has 0 aliphatic carbocycles. The van der Waals surface area contributed by atoms with Crippen molar-refractivity contribution < 1.29 is 0 Å². The number of rotatable bonds is 4. The molecule has 1 nitrogen and oxygen atoms in total. The van der Waals surface area contributed by atoms with Crippen molar-refractivity contribution in [2.24, 2.45) is 0 Å². The number of hydrogen-bond donors (Lipinski definition) is 0. The Bertz CT molecular complexity index is 169. The van der Waals surface area contributed by atoms with E-state index in [1.807, 2.05) is 0 Å². The number of hydrogen-bond acceptors (Lipinski definition) is 1. The molecule has 2 bridgehead atoms. The predicted molar refractivity (Wildman–Crippen MR) is 61.9 cm³/mol. The highest BCUT2D eigenvalue weighted by atomic mass is 35.5. The summed E-state index contributed by atoms with van der Waals surface area (Å²) in [5, 5.41) is 0.468. The van der Waals surface area contributed by atoms with E-state index in [1.165, 1.54) is 51.5 Å². The van der Waals surface area contributed by atoms with Crippen LogP contribution in [-0.4, -0.2) is 28.9 Å². The van der Waals surface area contributed by atoms with E-state index < -0.39 is 0 Å². The smallest absolute Gasteiger partial charge is 0.0365 e. The van der Waals surface area contributed by atoms with Gasteiger partial charge in [-0.05, 0) is 38.6 Å². The van der Waals surface area contributed by atoms with Gasteiger partial charge in [0.25, 0.3) is 0 Å². The fourth-order valence-corrected chi connectivity index (χ4v) is 3.53. The molecule has 0 radical (unpaired) electrons. The van der Waals surface area contributed by atoms with Crippen LogP contribution >= 0.6 is 11.6 Å². The highest BCUT2D eigenvalue weighted by Crippen LogP contribution is 2.37. The third-order valence-electron chi connectivity index (χ3n) is 3.85. The number of piperidine rings is 1. The molecule has 2 fully saturated rings. The maximum atomic E-state index is 6.25. The van der Waals surface area contributed by atoms with Gasteiger partial charge in [0.2, 0.25) is 0 Å². The zero-order valence-electron chi connectivity index (χ0n) is 9.21. The van der Waals surface area contributed by atoms with E-state index in [0.717, 1.165) is 12.1 Å². The molecule has 2 rings (SSSR count). The maximum Gasteiger partial charge on any atom is 0.0365 e. The van der Waals surface area contributed by atoms with E-state index in [4.69, 9.17) is 11.6 Å². The normalized spacial score (nSPS) is 37.7. The van der Waals surface area contributed by atoms with Gasteiger partial charge in [0.1, 0.15) is 0 Å². The Balaban J connectivity index is 1.82. The summed E-state index contributed by atoms with van der Waals surface area (Å²) >= 11 is 6.25. The first kappa shape index (κ1) is 10.8. The third kappa shape index (κ3) is 2.25. The summed E-state index contributed by atoms with van der Waals surface area (Å²) in [5.41, 5.74) is 0. The fraction of sp³-hybridized carbons (Fsp3) is 1.00. The first-order valence-electron chi connectivity index (χ1n) is 6.21. The number of nitrogens with zero attached hydrogens (tertiary/aromatic N) is 1. The van der Waals surface area contributed by atoms with Gasteiger partial charge in [-0.1, -0.05) is 19.8 Å². The Kier molecular flexibility index (Phi) is 3.73. The van der Waals surface area contributed by atoms with Crippen molar-refractivity contribution in [1.82, 2.24) is 4.90 Å². The van der Waals surface area contributed by atoms with Gasteiger partial charge in [-0.25, -0.2) is 0 Å². The minimum atomic E-state index is 0.468. The topological polar surface area (TPSA) is 3.24 Å². The van der Waals surface area contributed by atoms with Crippen LogP contribution in [0.3, 0.4) is 0 Å². The molecule has 0 saturated carbocycles. The summed E-state index contributed by atoms with van der Waals surface area (Å²) in [4.78, 5) is 2.74. The Hall–Kier alpha value is 0.250. The van der Waals surface area contributed by atoms with E-state index in [0.29, 0.717) is 5.38 Å². The second kappa shape index (κ2) is 4.85. The molecule has 0 amide bonds. The van der Waals surface area contributed by atoms with Crippen LogP contribution in [0.4, 0.5) is 0 Å². The maximum absolute atomic E-state index is 6.25. The van der Waals surface area contributed by atoms with Crippen LogP contribution in [-0.2, 0) is 0 Å². The molecule has 2 heteroatoms. The zero-order valence-corrected chi connectivity index (χ0v) is 9.97. The van der Waals surface area contributed by atoms with E-state index in [1.54, 1.807) is 0 Å². The van der Waals surface area contributed by atoms with Gasteiger partial charge in [0.05, 0.1) is 0 Å². The Morgan fingerprint density at radius 3 is 2.36 bits per heavy atom. The Labute approximate surface area is 92.8 Å². The number of unbranched alkanes of at least 4 members (excludes halogenated alkanes) is 2. The van der Waals surface area contributed by atoms with Crippen LogP contribution in [0.5, 0.6) is 0 Å². The molecule has 2 atom stereocenters. The quantitative estimate of drug-likeness (QED) is 0.513. The standard InChI is InChI=1S/C12H22ClN/c1-2-3-4-7-14-11-5-6-12(14)9-10(13)8-11/h10-12H,2-9H2,1H3. The molecule has 82 valence electrons. The van der Waals surface area contributed by atoms with E-state index in [-0.39, 0.29) is 0 Å². The van der Waals surface area contributed by atoms with Crippen LogP contribution in [0.15, 0.2) is 0 Å². The van der Waals surface area contributed by atoms with Crippen molar-refractivity contribution in [1.29, 1.82) is 0 Å². The second-order valence-corrected chi connectivity index (χ2v) is 5.52. The molecule has 2 aliphatic rings. The van der Waals surface area contributed by atoms with Gasteiger partial charge in [0, 0.05) is 17.5 Å². The fourth-order valence-electron chi connectivity index (χ4n) is 3.12. The van der Waals surface area contributed by atoms with Gasteiger partial charge < -0.3 is 0 Å². The molecule has 0 aromatic carbocycles. The minimum Gasteiger partial charge on any atom is -0.297 e. The van der Waals surface area contributed by atoms with Gasteiger partial charge in [-0.15, -0.1) is 11.6 Å². The SMILES string of the molecule is CCCCCN1C2CCC1CC(Cl)C2. The highest BCUT2D eigenvalue weighted by Gasteiger charge is 2.39. The summed E-state index contributed by atoms with van der Waals surface area (Å²) in [5.74, 6) is 0. The molecular weight excluding hydrogens is 194 g/mol. The third-order valence-corrected chi connectivity index (χ3v) is 4.20. The summed E-state index contributed by atoms with van der Waals surface area (Å²) in [6, 6.07) is 1.65. The molecule has 0 N–H and O–H groups in total. The van der Waals surface area contributed by atoms with Crippen molar-refractivity contribution in [3.8, 4) is 0 Å². The van der Waals surface area contributed by atoms with Crippen LogP contribution in [0.25, 0.3) is 0 Å². The van der Waals surface area contributed by atoms with Gasteiger partial charge in [-0.3, -0.25) is 4.90 Å². The monoisotopic (exact) mass is 215 g/mol. The Morgan fingerprint density at radius 2 is 1.79 bits per heavy atom. The molecule has 2 saturated heterocycles. The number of fused-ring (bicyclic) bond motifs is 2. The van der Waals surface area contributed by atoms with Gasteiger partial charge in [-0.2, -0.15) is 0 Å². The van der Waals surface area contributed by atoms with Crippen molar-refractivity contribution in [2.45, 2.75) is 69.3 Å². The number of alkyl halides is 1. The van der Waals surface area contributed by atoms with Crippen LogP contribution in [0.2, 0.25) is 0 Å². The molecule has 2 heterocycles. The lowest BCUT2D eigenvalue weighted by atomic mass is 10.0. The van der Waals surface area contributed by atoms with Gasteiger partial charge in [0.15, 0.2) is 0 Å². The average molecular weight is 216 g/mol. The minimum absolute atomic E-state index is 0.468. The second-order valence-electron chi connectivity index (χ2n) is 4.90. The average Bonchev–Trinajstić information content (AvgIpc) is 2.42. The van der Waals surface area contributed by atoms with E-state index >= 15 is 0 Å². The first-order chi connectivity index (χ1) is 6.81. The van der Waals surface area contributed by atoms with Crippen molar-refractivity contribution in [3.05, 3.63) is 0 Å². The summed E-state index contributed by atoms with van der Waals surface area (Å²) in [7, 11) is 0. The molecule has 14 heavy (non-hydrogen) atoms. The van der Waals surface area contributed by atoms with Gasteiger partial charge >= 0.3 is 0 Å². The van der Waals surface area contributed by atoms with E-state index in [9.17, 15) is 0 Å². The van der Waals surface area contributed by atoms with Crippen LogP contribution in [0.1, 0.15) is 51.9 Å². The lowest BCUT2D eigenvalue weighted by Crippen LogP contribution is -2.43. The molecule has 2 aliphatic heterocycles. The predicted octanol–water partition coefficient (Wildman–Crippen LogP) is 3.41. The first-order valence-corrected chi connectivity index (χ1v) is 6.64. The number of halogens is 1. The van der Waals surface area contributed by atoms with Crippen molar-refractivity contribution >= 4 is 11.6 Å².